The summed E-state index contributed by atoms with van der Waals surface area (Å²) >= 11 is 3.57. The van der Waals surface area contributed by atoms with E-state index >= 15 is 0 Å². The van der Waals surface area contributed by atoms with Gasteiger partial charge in [-0.1, -0.05) is 26.0 Å². The van der Waals surface area contributed by atoms with Gasteiger partial charge in [0.15, 0.2) is 0 Å². The summed E-state index contributed by atoms with van der Waals surface area (Å²) in [6.45, 7) is 13.5. The van der Waals surface area contributed by atoms with Crippen molar-refractivity contribution in [1.29, 1.82) is 0 Å². The predicted molar refractivity (Wildman–Crippen MR) is 91.9 cm³/mol. The first-order valence-corrected chi connectivity index (χ1v) is 8.34. The molecule has 0 saturated carbocycles. The third-order valence-electron chi connectivity index (χ3n) is 2.78. The van der Waals surface area contributed by atoms with Gasteiger partial charge in [-0.15, -0.1) is 0 Å². The van der Waals surface area contributed by atoms with E-state index in [-0.39, 0.29) is 5.60 Å². The van der Waals surface area contributed by atoms with E-state index in [1.165, 1.54) is 5.56 Å². The summed E-state index contributed by atoms with van der Waals surface area (Å²) in [6, 6.07) is 6.14. The van der Waals surface area contributed by atoms with Crippen molar-refractivity contribution in [2.45, 2.75) is 46.8 Å². The van der Waals surface area contributed by atoms with Crippen LogP contribution in [0, 0.1) is 5.92 Å². The fraction of sp³-hybridized carbons (Fsp3) is 0.647. The van der Waals surface area contributed by atoms with Crippen LogP contribution in [0.5, 0.6) is 5.75 Å². The zero-order valence-electron chi connectivity index (χ0n) is 13.8. The van der Waals surface area contributed by atoms with Crippen molar-refractivity contribution >= 4 is 15.9 Å². The second kappa shape index (κ2) is 8.76. The lowest BCUT2D eigenvalue weighted by Gasteiger charge is -2.20. The molecule has 1 aromatic carbocycles. The normalized spacial score (nSPS) is 12.0. The molecule has 1 aromatic rings. The number of benzene rings is 1. The molecule has 21 heavy (non-hydrogen) atoms. The van der Waals surface area contributed by atoms with Crippen LogP contribution in [0.3, 0.4) is 0 Å². The van der Waals surface area contributed by atoms with E-state index < -0.39 is 0 Å². The Kier molecular flexibility index (Phi) is 7.71. The van der Waals surface area contributed by atoms with Gasteiger partial charge >= 0.3 is 0 Å². The van der Waals surface area contributed by atoms with Gasteiger partial charge in [-0.2, -0.15) is 0 Å². The minimum atomic E-state index is -0.126. The molecule has 0 heterocycles. The van der Waals surface area contributed by atoms with E-state index in [1.54, 1.807) is 0 Å². The van der Waals surface area contributed by atoms with Gasteiger partial charge in [0, 0.05) is 12.1 Å². The monoisotopic (exact) mass is 357 g/mol. The van der Waals surface area contributed by atoms with Gasteiger partial charge in [-0.3, -0.25) is 0 Å². The number of nitrogens with one attached hydrogen (secondary N) is 1. The second-order valence-corrected chi connectivity index (χ2v) is 7.42. The lowest BCUT2D eigenvalue weighted by atomic mass is 10.2. The summed E-state index contributed by atoms with van der Waals surface area (Å²) in [5.74, 6) is 1.55. The summed E-state index contributed by atoms with van der Waals surface area (Å²) in [7, 11) is 0. The van der Waals surface area contributed by atoms with Crippen molar-refractivity contribution in [3.63, 3.8) is 0 Å². The Bertz CT molecular complexity index is 427. The highest BCUT2D eigenvalue weighted by Gasteiger charge is 2.11. The van der Waals surface area contributed by atoms with E-state index in [0.29, 0.717) is 19.1 Å². The van der Waals surface area contributed by atoms with Crippen LogP contribution < -0.4 is 10.1 Å². The number of ether oxygens (including phenoxy) is 2. The van der Waals surface area contributed by atoms with Crippen LogP contribution >= 0.6 is 15.9 Å². The fourth-order valence-electron chi connectivity index (χ4n) is 1.84. The average Bonchev–Trinajstić information content (AvgIpc) is 2.35. The SMILES string of the molecule is CC(C)CNCc1cccc(Br)c1OCCOC(C)(C)C. The van der Waals surface area contributed by atoms with E-state index in [2.05, 4.69) is 41.2 Å². The molecule has 0 fully saturated rings. The van der Waals surface area contributed by atoms with Crippen molar-refractivity contribution in [2.75, 3.05) is 19.8 Å². The lowest BCUT2D eigenvalue weighted by molar-refractivity contribution is -0.0164. The lowest BCUT2D eigenvalue weighted by Crippen LogP contribution is -2.23. The van der Waals surface area contributed by atoms with Gasteiger partial charge in [-0.05, 0) is 55.2 Å². The molecule has 0 aliphatic rings. The Morgan fingerprint density at radius 2 is 1.90 bits per heavy atom. The maximum absolute atomic E-state index is 5.91. The zero-order valence-corrected chi connectivity index (χ0v) is 15.4. The molecule has 0 unspecified atom stereocenters. The standard InChI is InChI=1S/C17H28BrNO2/c1-13(2)11-19-12-14-7-6-8-15(18)16(14)20-9-10-21-17(3,4)5/h6-8,13,19H,9-12H2,1-5H3. The molecule has 0 aliphatic carbocycles. The van der Waals surface area contributed by atoms with Crippen molar-refractivity contribution < 1.29 is 9.47 Å². The van der Waals surface area contributed by atoms with Crippen LogP contribution in [0.25, 0.3) is 0 Å². The molecule has 120 valence electrons. The van der Waals surface area contributed by atoms with Crippen molar-refractivity contribution in [1.82, 2.24) is 5.32 Å². The van der Waals surface area contributed by atoms with Gasteiger partial charge in [0.1, 0.15) is 12.4 Å². The summed E-state index contributed by atoms with van der Waals surface area (Å²) in [6.07, 6.45) is 0. The minimum absolute atomic E-state index is 0.126. The molecule has 3 nitrogen and oxygen atoms in total. The van der Waals surface area contributed by atoms with Crippen LogP contribution in [0.4, 0.5) is 0 Å². The predicted octanol–water partition coefficient (Wildman–Crippen LogP) is 4.39. The smallest absolute Gasteiger partial charge is 0.138 e. The van der Waals surface area contributed by atoms with Gasteiger partial charge in [-0.25, -0.2) is 0 Å². The van der Waals surface area contributed by atoms with Crippen LogP contribution in [-0.4, -0.2) is 25.4 Å². The quantitative estimate of drug-likeness (QED) is 0.699. The van der Waals surface area contributed by atoms with Crippen LogP contribution in [0.15, 0.2) is 22.7 Å². The fourth-order valence-corrected chi connectivity index (χ4v) is 2.36. The first kappa shape index (κ1) is 18.5. The van der Waals surface area contributed by atoms with Crippen LogP contribution in [0.2, 0.25) is 0 Å². The molecule has 0 aromatic heterocycles. The molecule has 0 aliphatic heterocycles. The first-order chi connectivity index (χ1) is 9.79. The molecular weight excluding hydrogens is 330 g/mol. The third-order valence-corrected chi connectivity index (χ3v) is 3.41. The molecule has 0 bridgehead atoms. The molecule has 1 N–H and O–H groups in total. The molecule has 0 atom stereocenters. The number of rotatable bonds is 8. The number of hydrogen-bond acceptors (Lipinski definition) is 3. The Labute approximate surface area is 137 Å². The highest BCUT2D eigenvalue weighted by molar-refractivity contribution is 9.10. The van der Waals surface area contributed by atoms with Crippen LogP contribution in [-0.2, 0) is 11.3 Å². The maximum Gasteiger partial charge on any atom is 0.138 e. The number of para-hydroxylation sites is 1. The van der Waals surface area contributed by atoms with Crippen LogP contribution in [0.1, 0.15) is 40.2 Å². The highest BCUT2D eigenvalue weighted by atomic mass is 79.9. The molecule has 0 amide bonds. The van der Waals surface area contributed by atoms with Gasteiger partial charge < -0.3 is 14.8 Å². The van der Waals surface area contributed by atoms with Crippen molar-refractivity contribution in [3.05, 3.63) is 28.2 Å². The first-order valence-electron chi connectivity index (χ1n) is 7.54. The molecule has 0 radical (unpaired) electrons. The molecule has 0 saturated heterocycles. The number of halogens is 1. The maximum atomic E-state index is 5.91. The van der Waals surface area contributed by atoms with Crippen molar-refractivity contribution in [2.24, 2.45) is 5.92 Å². The van der Waals surface area contributed by atoms with Gasteiger partial charge in [0.25, 0.3) is 0 Å². The summed E-state index contributed by atoms with van der Waals surface area (Å²) < 4.78 is 12.6. The van der Waals surface area contributed by atoms with E-state index in [0.717, 1.165) is 23.3 Å². The molecular formula is C17H28BrNO2. The largest absolute Gasteiger partial charge is 0.490 e. The van der Waals surface area contributed by atoms with Gasteiger partial charge in [0.2, 0.25) is 0 Å². The van der Waals surface area contributed by atoms with Gasteiger partial charge in [0.05, 0.1) is 16.7 Å². The summed E-state index contributed by atoms with van der Waals surface area (Å²) in [5, 5.41) is 3.45. The average molecular weight is 358 g/mol. The number of hydrogen-bond donors (Lipinski definition) is 1. The Hall–Kier alpha value is -0.580. The Morgan fingerprint density at radius 3 is 2.52 bits per heavy atom. The molecule has 4 heteroatoms. The van der Waals surface area contributed by atoms with Crippen molar-refractivity contribution in [3.8, 4) is 5.75 Å². The second-order valence-electron chi connectivity index (χ2n) is 6.56. The third kappa shape index (κ3) is 7.84. The highest BCUT2D eigenvalue weighted by Crippen LogP contribution is 2.29. The Balaban J connectivity index is 2.55. The Morgan fingerprint density at radius 1 is 1.19 bits per heavy atom. The summed E-state index contributed by atoms with van der Waals surface area (Å²) in [4.78, 5) is 0. The molecule has 1 rings (SSSR count). The summed E-state index contributed by atoms with van der Waals surface area (Å²) in [5.41, 5.74) is 1.04. The van der Waals surface area contributed by atoms with E-state index in [4.69, 9.17) is 9.47 Å². The molecule has 0 spiro atoms. The minimum Gasteiger partial charge on any atom is -0.490 e. The topological polar surface area (TPSA) is 30.5 Å². The zero-order chi connectivity index (χ0) is 15.9. The van der Waals surface area contributed by atoms with E-state index in [9.17, 15) is 0 Å². The van der Waals surface area contributed by atoms with E-state index in [1.807, 2.05) is 32.9 Å².